The molecule has 3 aromatic rings. The number of pyridine rings is 1. The van der Waals surface area contributed by atoms with E-state index >= 15 is 0 Å². The largest absolute Gasteiger partial charge is 0.507 e. The van der Waals surface area contributed by atoms with Gasteiger partial charge in [-0.15, -0.1) is 11.3 Å². The number of aliphatic hydroxyl groups excluding tert-OH is 1. The molecule has 1 saturated heterocycles. The first-order valence-electron chi connectivity index (χ1n) is 9.95. The van der Waals surface area contributed by atoms with Crippen LogP contribution in [0.3, 0.4) is 0 Å². The molecule has 1 amide bonds. The van der Waals surface area contributed by atoms with Crippen LogP contribution in [0.4, 0.5) is 0 Å². The average Bonchev–Trinajstić information content (AvgIpc) is 3.42. The molecule has 1 fully saturated rings. The van der Waals surface area contributed by atoms with E-state index in [0.717, 1.165) is 14.7 Å². The zero-order chi connectivity index (χ0) is 23.8. The van der Waals surface area contributed by atoms with E-state index in [4.69, 9.17) is 0 Å². The molecule has 3 heterocycles. The number of rotatable bonds is 6. The Morgan fingerprint density at radius 1 is 1.12 bits per heavy atom. The Morgan fingerprint density at radius 2 is 1.85 bits per heavy atom. The van der Waals surface area contributed by atoms with Gasteiger partial charge >= 0.3 is 0 Å². The second-order valence-electron chi connectivity index (χ2n) is 7.62. The lowest BCUT2D eigenvalue weighted by molar-refractivity contribution is -0.140. The van der Waals surface area contributed by atoms with Crippen molar-refractivity contribution in [2.45, 2.75) is 17.5 Å². The first-order chi connectivity index (χ1) is 15.7. The molecule has 0 spiro atoms. The van der Waals surface area contributed by atoms with Gasteiger partial charge < -0.3 is 10.0 Å². The monoisotopic (exact) mass is 483 g/mol. The van der Waals surface area contributed by atoms with Crippen molar-refractivity contribution in [3.8, 4) is 0 Å². The van der Waals surface area contributed by atoms with Crippen LogP contribution in [0, 0.1) is 0 Å². The Balaban J connectivity index is 1.79. The van der Waals surface area contributed by atoms with Gasteiger partial charge in [-0.05, 0) is 47.3 Å². The molecular weight excluding hydrogens is 462 g/mol. The smallest absolute Gasteiger partial charge is 0.295 e. The van der Waals surface area contributed by atoms with E-state index in [1.807, 2.05) is 17.5 Å². The van der Waals surface area contributed by atoms with Gasteiger partial charge in [-0.1, -0.05) is 12.1 Å². The van der Waals surface area contributed by atoms with E-state index < -0.39 is 27.8 Å². The number of hydrogen-bond donors (Lipinski definition) is 1. The third kappa shape index (κ3) is 4.20. The summed E-state index contributed by atoms with van der Waals surface area (Å²) in [5.41, 5.74) is 0.961. The number of Topliss-reactive ketones (excluding diaryl/α,β-unsaturated/α-hetero) is 1. The van der Waals surface area contributed by atoms with Gasteiger partial charge in [0.15, 0.2) is 0 Å². The van der Waals surface area contributed by atoms with Crippen LogP contribution in [0.2, 0.25) is 0 Å². The van der Waals surface area contributed by atoms with Crippen molar-refractivity contribution in [3.05, 3.63) is 87.9 Å². The molecule has 1 atom stereocenters. The summed E-state index contributed by atoms with van der Waals surface area (Å²) < 4.78 is 25.7. The van der Waals surface area contributed by atoms with E-state index in [1.165, 1.54) is 54.6 Å². The molecule has 8 nitrogen and oxygen atoms in total. The summed E-state index contributed by atoms with van der Waals surface area (Å²) in [4.78, 5) is 32.2. The number of amides is 1. The van der Waals surface area contributed by atoms with Crippen molar-refractivity contribution in [2.24, 2.45) is 0 Å². The molecule has 33 heavy (non-hydrogen) atoms. The van der Waals surface area contributed by atoms with Crippen molar-refractivity contribution >= 4 is 38.8 Å². The summed E-state index contributed by atoms with van der Waals surface area (Å²) in [5, 5.41) is 12.9. The maximum absolute atomic E-state index is 13.0. The first kappa shape index (κ1) is 22.8. The summed E-state index contributed by atoms with van der Waals surface area (Å²) in [6, 6.07) is 12.0. The molecule has 0 radical (unpaired) electrons. The maximum Gasteiger partial charge on any atom is 0.295 e. The molecule has 10 heteroatoms. The number of sulfonamides is 1. The molecular formula is C23H21N3O5S2. The standard InChI is InChI=1S/C23H21N3O5S2/c1-25(2)33(30,31)17-9-7-16(8-10-17)21(27)19-20(18-6-4-12-32-18)26(23(29)22(19)28)14-15-5-3-11-24-13-15/h3-13,20,27H,14H2,1-2H3/b21-19+/t20-/m0/s1. The lowest BCUT2D eigenvalue weighted by Gasteiger charge is -2.24. The fraction of sp³-hybridized carbons (Fsp3) is 0.174. The predicted molar refractivity (Wildman–Crippen MR) is 124 cm³/mol. The molecule has 1 aliphatic heterocycles. The Kier molecular flexibility index (Phi) is 6.15. The molecule has 1 N–H and O–H groups in total. The Bertz CT molecular complexity index is 1320. The SMILES string of the molecule is CN(C)S(=O)(=O)c1ccc(/C(O)=C2\C(=O)C(=O)N(Cc3cccnc3)[C@H]2c2cccs2)cc1. The minimum atomic E-state index is -3.65. The predicted octanol–water partition coefficient (Wildman–Crippen LogP) is 3.02. The van der Waals surface area contributed by atoms with Crippen molar-refractivity contribution in [2.75, 3.05) is 14.1 Å². The highest BCUT2D eigenvalue weighted by Crippen LogP contribution is 2.41. The quantitative estimate of drug-likeness (QED) is 0.328. The number of carbonyl (C=O) groups excluding carboxylic acids is 2. The number of likely N-dealkylation sites (tertiary alicyclic amines) is 1. The number of hydrogen-bond acceptors (Lipinski definition) is 7. The van der Waals surface area contributed by atoms with Gasteiger partial charge in [0.05, 0.1) is 16.5 Å². The summed E-state index contributed by atoms with van der Waals surface area (Å²) in [5.74, 6) is -1.86. The van der Waals surface area contributed by atoms with Crippen LogP contribution >= 0.6 is 11.3 Å². The Labute approximate surface area is 195 Å². The summed E-state index contributed by atoms with van der Waals surface area (Å²) in [7, 11) is -0.796. The number of thiophene rings is 1. The molecule has 0 bridgehead atoms. The second-order valence-corrected chi connectivity index (χ2v) is 10.7. The summed E-state index contributed by atoms with van der Waals surface area (Å²) >= 11 is 1.37. The summed E-state index contributed by atoms with van der Waals surface area (Å²) in [6.45, 7) is 0.151. The highest BCUT2D eigenvalue weighted by Gasteiger charge is 2.46. The number of nitrogens with zero attached hydrogens (tertiary/aromatic N) is 3. The van der Waals surface area contributed by atoms with Crippen LogP contribution in [-0.4, -0.2) is 53.5 Å². The third-order valence-corrected chi connectivity index (χ3v) is 8.09. The molecule has 1 aliphatic rings. The van der Waals surface area contributed by atoms with Crippen LogP contribution < -0.4 is 0 Å². The molecule has 1 aromatic carbocycles. The van der Waals surface area contributed by atoms with Crippen LogP contribution in [0.15, 0.2) is 76.8 Å². The normalized spacial score (nSPS) is 18.3. The highest BCUT2D eigenvalue weighted by atomic mass is 32.2. The van der Waals surface area contributed by atoms with Crippen LogP contribution in [0.25, 0.3) is 5.76 Å². The molecule has 4 rings (SSSR count). The number of aliphatic hydroxyl groups is 1. The second kappa shape index (κ2) is 8.89. The third-order valence-electron chi connectivity index (χ3n) is 5.33. The first-order valence-corrected chi connectivity index (χ1v) is 12.3. The van der Waals surface area contributed by atoms with Crippen LogP contribution in [0.5, 0.6) is 0 Å². The van der Waals surface area contributed by atoms with Crippen LogP contribution in [-0.2, 0) is 26.2 Å². The molecule has 2 aromatic heterocycles. The number of benzene rings is 1. The van der Waals surface area contributed by atoms with Crippen molar-refractivity contribution in [3.63, 3.8) is 0 Å². The van der Waals surface area contributed by atoms with E-state index in [1.54, 1.807) is 24.5 Å². The average molecular weight is 484 g/mol. The van der Waals surface area contributed by atoms with Crippen LogP contribution in [0.1, 0.15) is 22.0 Å². The zero-order valence-corrected chi connectivity index (χ0v) is 19.5. The Hall–Kier alpha value is -3.34. The van der Waals surface area contributed by atoms with Gasteiger partial charge in [0, 0.05) is 43.5 Å². The fourth-order valence-electron chi connectivity index (χ4n) is 3.63. The minimum absolute atomic E-state index is 0.0328. The van der Waals surface area contributed by atoms with Gasteiger partial charge in [-0.25, -0.2) is 12.7 Å². The lowest BCUT2D eigenvalue weighted by Crippen LogP contribution is -2.28. The maximum atomic E-state index is 13.0. The van der Waals surface area contributed by atoms with Gasteiger partial charge in [0.25, 0.3) is 11.7 Å². The molecule has 0 saturated carbocycles. The molecule has 170 valence electrons. The molecule has 0 aliphatic carbocycles. The van der Waals surface area contributed by atoms with Crippen molar-refractivity contribution < 1.29 is 23.1 Å². The number of aromatic nitrogens is 1. The highest BCUT2D eigenvalue weighted by molar-refractivity contribution is 7.89. The number of carbonyl (C=O) groups is 2. The topological polar surface area (TPSA) is 108 Å². The van der Waals surface area contributed by atoms with E-state index in [2.05, 4.69) is 4.98 Å². The number of ketones is 1. The van der Waals surface area contributed by atoms with Gasteiger partial charge in [0.1, 0.15) is 5.76 Å². The molecule has 0 unspecified atom stereocenters. The lowest BCUT2D eigenvalue weighted by atomic mass is 10.00. The van der Waals surface area contributed by atoms with Gasteiger partial charge in [0.2, 0.25) is 10.0 Å². The van der Waals surface area contributed by atoms with E-state index in [-0.39, 0.29) is 28.3 Å². The summed E-state index contributed by atoms with van der Waals surface area (Å²) in [6.07, 6.45) is 3.24. The minimum Gasteiger partial charge on any atom is -0.507 e. The van der Waals surface area contributed by atoms with Crippen molar-refractivity contribution in [1.29, 1.82) is 0 Å². The van der Waals surface area contributed by atoms with Crippen molar-refractivity contribution in [1.82, 2.24) is 14.2 Å². The fourth-order valence-corrected chi connectivity index (χ4v) is 5.37. The van der Waals surface area contributed by atoms with E-state index in [0.29, 0.717) is 0 Å². The zero-order valence-electron chi connectivity index (χ0n) is 17.9. The van der Waals surface area contributed by atoms with E-state index in [9.17, 15) is 23.1 Å². The van der Waals surface area contributed by atoms with Gasteiger partial charge in [-0.3, -0.25) is 14.6 Å². The Morgan fingerprint density at radius 3 is 2.42 bits per heavy atom. The van der Waals surface area contributed by atoms with Gasteiger partial charge in [-0.2, -0.15) is 0 Å².